The molecule has 16 heavy (non-hydrogen) atoms. The molecule has 0 aromatic carbocycles. The zero-order valence-corrected chi connectivity index (χ0v) is 11.2. The van der Waals surface area contributed by atoms with Crippen molar-refractivity contribution in [3.63, 3.8) is 0 Å². The number of nitrogens with zero attached hydrogens (tertiary/aromatic N) is 3. The number of alkyl halides is 1. The molecule has 1 fully saturated rings. The van der Waals surface area contributed by atoms with Crippen LogP contribution in [-0.2, 0) is 5.88 Å². The Hall–Kier alpha value is -0.480. The van der Waals surface area contributed by atoms with Crippen LogP contribution in [0.5, 0.6) is 0 Å². The van der Waals surface area contributed by atoms with Gasteiger partial charge in [-0.15, -0.1) is 11.6 Å². The van der Waals surface area contributed by atoms with Gasteiger partial charge in [-0.3, -0.25) is 4.98 Å². The molecule has 3 nitrogen and oxygen atoms in total. The van der Waals surface area contributed by atoms with Gasteiger partial charge in [0.15, 0.2) is 0 Å². The number of hydrogen-bond donors (Lipinski definition) is 0. The van der Waals surface area contributed by atoms with Crippen LogP contribution >= 0.6 is 23.4 Å². The summed E-state index contributed by atoms with van der Waals surface area (Å²) in [6.07, 6.45) is 3.58. The molecular weight excluding hydrogens is 242 g/mol. The Morgan fingerprint density at radius 3 is 2.81 bits per heavy atom. The molecule has 0 atom stereocenters. The standard InChI is InChI=1S/C11H16ClN3S/c1-11(2)8-15(3-4-16-11)10-7-13-9(5-12)6-14-10/h6-7H,3-5,8H2,1-2H3. The van der Waals surface area contributed by atoms with E-state index in [1.807, 2.05) is 18.0 Å². The second kappa shape index (κ2) is 4.80. The molecule has 1 aromatic heterocycles. The summed E-state index contributed by atoms with van der Waals surface area (Å²) >= 11 is 7.71. The van der Waals surface area contributed by atoms with E-state index in [0.29, 0.717) is 10.6 Å². The van der Waals surface area contributed by atoms with Crippen LogP contribution in [-0.4, -0.2) is 33.6 Å². The predicted octanol–water partition coefficient (Wildman–Crippen LogP) is 2.55. The zero-order chi connectivity index (χ0) is 11.6. The highest BCUT2D eigenvalue weighted by atomic mass is 35.5. The van der Waals surface area contributed by atoms with Crippen LogP contribution in [0.15, 0.2) is 12.4 Å². The molecule has 5 heteroatoms. The molecule has 0 aliphatic carbocycles. The molecule has 0 spiro atoms. The number of aromatic nitrogens is 2. The fraction of sp³-hybridized carbons (Fsp3) is 0.636. The highest BCUT2D eigenvalue weighted by Gasteiger charge is 2.27. The highest BCUT2D eigenvalue weighted by Crippen LogP contribution is 2.31. The van der Waals surface area contributed by atoms with E-state index in [2.05, 4.69) is 28.7 Å². The monoisotopic (exact) mass is 257 g/mol. The lowest BCUT2D eigenvalue weighted by Gasteiger charge is -2.38. The van der Waals surface area contributed by atoms with Crippen LogP contribution in [0, 0.1) is 0 Å². The van der Waals surface area contributed by atoms with Crippen LogP contribution in [0.4, 0.5) is 5.82 Å². The van der Waals surface area contributed by atoms with E-state index < -0.39 is 0 Å². The van der Waals surface area contributed by atoms with Crippen molar-refractivity contribution in [2.75, 3.05) is 23.7 Å². The van der Waals surface area contributed by atoms with Gasteiger partial charge in [-0.05, 0) is 13.8 Å². The maximum Gasteiger partial charge on any atom is 0.147 e. The minimum atomic E-state index is 0.297. The van der Waals surface area contributed by atoms with Crippen molar-refractivity contribution in [3.05, 3.63) is 18.1 Å². The van der Waals surface area contributed by atoms with E-state index in [9.17, 15) is 0 Å². The first-order valence-electron chi connectivity index (χ1n) is 5.36. The molecule has 1 saturated heterocycles. The first-order chi connectivity index (χ1) is 7.61. The van der Waals surface area contributed by atoms with Gasteiger partial charge >= 0.3 is 0 Å². The number of anilines is 1. The van der Waals surface area contributed by atoms with Crippen LogP contribution in [0.3, 0.4) is 0 Å². The lowest BCUT2D eigenvalue weighted by molar-refractivity contribution is 0.641. The summed E-state index contributed by atoms with van der Waals surface area (Å²) in [5, 5.41) is 0. The van der Waals surface area contributed by atoms with Crippen molar-refractivity contribution in [1.82, 2.24) is 9.97 Å². The summed E-state index contributed by atoms with van der Waals surface area (Å²) in [4.78, 5) is 11.0. The Morgan fingerprint density at radius 1 is 1.44 bits per heavy atom. The quantitative estimate of drug-likeness (QED) is 0.762. The molecule has 0 N–H and O–H groups in total. The normalized spacial score (nSPS) is 19.8. The van der Waals surface area contributed by atoms with Gasteiger partial charge in [-0.2, -0.15) is 11.8 Å². The summed E-state index contributed by atoms with van der Waals surface area (Å²) in [5.41, 5.74) is 0.830. The van der Waals surface area contributed by atoms with E-state index in [0.717, 1.165) is 30.4 Å². The van der Waals surface area contributed by atoms with Crippen LogP contribution in [0.2, 0.25) is 0 Å². The first kappa shape index (κ1) is 12.0. The summed E-state index contributed by atoms with van der Waals surface area (Å²) in [7, 11) is 0. The van der Waals surface area contributed by atoms with Gasteiger partial charge in [-0.25, -0.2) is 4.98 Å². The van der Waals surface area contributed by atoms with Gasteiger partial charge in [0.2, 0.25) is 0 Å². The fourth-order valence-corrected chi connectivity index (χ4v) is 3.04. The number of thioether (sulfide) groups is 1. The molecule has 1 aliphatic rings. The van der Waals surface area contributed by atoms with Crippen LogP contribution in [0.1, 0.15) is 19.5 Å². The average molecular weight is 258 g/mol. The van der Waals surface area contributed by atoms with E-state index in [4.69, 9.17) is 11.6 Å². The summed E-state index contributed by atoms with van der Waals surface area (Å²) in [6.45, 7) is 6.60. The molecule has 0 amide bonds. The van der Waals surface area contributed by atoms with Crippen molar-refractivity contribution in [3.8, 4) is 0 Å². The highest BCUT2D eigenvalue weighted by molar-refractivity contribution is 8.00. The van der Waals surface area contributed by atoms with Crippen molar-refractivity contribution in [2.45, 2.75) is 24.5 Å². The summed E-state index contributed by atoms with van der Waals surface area (Å²) in [5.74, 6) is 2.53. The SMILES string of the molecule is CC1(C)CN(c2cnc(CCl)cn2)CCS1. The third-order valence-electron chi connectivity index (χ3n) is 2.58. The van der Waals surface area contributed by atoms with Gasteiger partial charge < -0.3 is 4.90 Å². The van der Waals surface area contributed by atoms with E-state index in [-0.39, 0.29) is 0 Å². The van der Waals surface area contributed by atoms with E-state index in [1.54, 1.807) is 6.20 Å². The summed E-state index contributed by atoms with van der Waals surface area (Å²) in [6, 6.07) is 0. The average Bonchev–Trinajstić information content (AvgIpc) is 2.28. The van der Waals surface area contributed by atoms with Crippen LogP contribution in [0.25, 0.3) is 0 Å². The second-order valence-corrected chi connectivity index (χ2v) is 6.60. The van der Waals surface area contributed by atoms with Gasteiger partial charge in [0.1, 0.15) is 5.82 Å². The van der Waals surface area contributed by atoms with Crippen LogP contribution < -0.4 is 4.90 Å². The van der Waals surface area contributed by atoms with E-state index in [1.165, 1.54) is 0 Å². The number of halogens is 1. The Morgan fingerprint density at radius 2 is 2.25 bits per heavy atom. The van der Waals surface area contributed by atoms with Gasteiger partial charge in [-0.1, -0.05) is 0 Å². The van der Waals surface area contributed by atoms with Gasteiger partial charge in [0, 0.05) is 23.6 Å². The molecular formula is C11H16ClN3S. The minimum absolute atomic E-state index is 0.297. The van der Waals surface area contributed by atoms with Crippen molar-refractivity contribution >= 4 is 29.2 Å². The number of rotatable bonds is 2. The molecule has 0 bridgehead atoms. The van der Waals surface area contributed by atoms with Gasteiger partial charge in [0.05, 0.1) is 24.0 Å². The second-order valence-electron chi connectivity index (χ2n) is 4.53. The molecule has 88 valence electrons. The Labute approximate surface area is 106 Å². The lowest BCUT2D eigenvalue weighted by atomic mass is 10.2. The predicted molar refractivity (Wildman–Crippen MR) is 70.3 cm³/mol. The maximum absolute atomic E-state index is 5.69. The van der Waals surface area contributed by atoms with Gasteiger partial charge in [0.25, 0.3) is 0 Å². The molecule has 2 rings (SSSR count). The van der Waals surface area contributed by atoms with Crippen molar-refractivity contribution in [2.24, 2.45) is 0 Å². The van der Waals surface area contributed by atoms with E-state index >= 15 is 0 Å². The lowest BCUT2D eigenvalue weighted by Crippen LogP contribution is -2.43. The van der Waals surface area contributed by atoms with Crippen molar-refractivity contribution < 1.29 is 0 Å². The molecule has 0 saturated carbocycles. The van der Waals surface area contributed by atoms with Crippen molar-refractivity contribution in [1.29, 1.82) is 0 Å². The third kappa shape index (κ3) is 2.80. The first-order valence-corrected chi connectivity index (χ1v) is 6.88. The molecule has 1 aliphatic heterocycles. The maximum atomic E-state index is 5.69. The Balaban J connectivity index is 2.11. The smallest absolute Gasteiger partial charge is 0.147 e. The minimum Gasteiger partial charge on any atom is -0.353 e. The Kier molecular flexibility index (Phi) is 3.60. The largest absolute Gasteiger partial charge is 0.353 e. The summed E-state index contributed by atoms with van der Waals surface area (Å²) < 4.78 is 0.297. The third-order valence-corrected chi connectivity index (χ3v) is 4.15. The zero-order valence-electron chi connectivity index (χ0n) is 9.61. The molecule has 2 heterocycles. The topological polar surface area (TPSA) is 29.0 Å². The molecule has 1 aromatic rings. The molecule has 0 unspecified atom stereocenters. The Bertz CT molecular complexity index is 353. The number of hydrogen-bond acceptors (Lipinski definition) is 4. The fourth-order valence-electron chi connectivity index (χ4n) is 1.79. The molecule has 0 radical (unpaired) electrons.